The first-order valence-corrected chi connectivity index (χ1v) is 8.44. The summed E-state index contributed by atoms with van der Waals surface area (Å²) in [5.74, 6) is 0.593. The molecule has 0 spiro atoms. The summed E-state index contributed by atoms with van der Waals surface area (Å²) in [4.78, 5) is 6.22. The lowest BCUT2D eigenvalue weighted by Gasteiger charge is -2.33. The van der Waals surface area contributed by atoms with Gasteiger partial charge in [-0.2, -0.15) is 0 Å². The Morgan fingerprint density at radius 3 is 3.04 bits per heavy atom. The van der Waals surface area contributed by atoms with Crippen LogP contribution in [0.2, 0.25) is 0 Å². The van der Waals surface area contributed by atoms with E-state index in [1.54, 1.807) is 36.7 Å². The smallest absolute Gasteiger partial charge is 0.232 e. The monoisotopic (exact) mass is 407 g/mol. The SMILES string of the molecule is CN1C=Nc2cc3c(cc2C1Nc1cccc(Br)c1F)OC(O)CO3. The fraction of sp³-hybridized carbons (Fsp3) is 0.235. The van der Waals surface area contributed by atoms with E-state index < -0.39 is 6.29 Å². The minimum Gasteiger partial charge on any atom is -0.483 e. The largest absolute Gasteiger partial charge is 0.483 e. The molecule has 0 bridgehead atoms. The van der Waals surface area contributed by atoms with E-state index in [-0.39, 0.29) is 18.6 Å². The van der Waals surface area contributed by atoms with E-state index in [4.69, 9.17) is 9.47 Å². The van der Waals surface area contributed by atoms with E-state index in [0.29, 0.717) is 27.3 Å². The minimum absolute atomic E-state index is 0.0698. The molecule has 0 fully saturated rings. The molecule has 0 saturated carbocycles. The Hall–Kier alpha value is -2.32. The van der Waals surface area contributed by atoms with Crippen LogP contribution in [0, 0.1) is 5.82 Å². The summed E-state index contributed by atoms with van der Waals surface area (Å²) in [6.45, 7) is 0.0698. The van der Waals surface area contributed by atoms with Crippen molar-refractivity contribution in [3.05, 3.63) is 46.2 Å². The Morgan fingerprint density at radius 1 is 1.36 bits per heavy atom. The van der Waals surface area contributed by atoms with Gasteiger partial charge in [0.15, 0.2) is 23.9 Å². The molecule has 0 amide bonds. The Bertz CT molecular complexity index is 861. The number of fused-ring (bicyclic) bond motifs is 2. The molecule has 2 aliphatic rings. The highest BCUT2D eigenvalue weighted by molar-refractivity contribution is 9.10. The van der Waals surface area contributed by atoms with Crippen molar-refractivity contribution in [1.29, 1.82) is 0 Å². The van der Waals surface area contributed by atoms with E-state index >= 15 is 0 Å². The van der Waals surface area contributed by atoms with E-state index in [2.05, 4.69) is 26.2 Å². The topological polar surface area (TPSA) is 66.3 Å². The molecule has 0 saturated heterocycles. The predicted octanol–water partition coefficient (Wildman–Crippen LogP) is 3.39. The summed E-state index contributed by atoms with van der Waals surface area (Å²) in [5, 5.41) is 12.8. The summed E-state index contributed by atoms with van der Waals surface area (Å²) in [6, 6.07) is 8.58. The number of hydrogen-bond donors (Lipinski definition) is 2. The van der Waals surface area contributed by atoms with Gasteiger partial charge in [-0.1, -0.05) is 6.07 Å². The maximum absolute atomic E-state index is 14.3. The maximum Gasteiger partial charge on any atom is 0.232 e. The number of halogens is 2. The molecule has 2 aromatic carbocycles. The van der Waals surface area contributed by atoms with Gasteiger partial charge in [-0.05, 0) is 34.1 Å². The van der Waals surface area contributed by atoms with E-state index in [1.807, 2.05) is 11.9 Å². The molecular weight excluding hydrogens is 393 g/mol. The summed E-state index contributed by atoms with van der Waals surface area (Å²) >= 11 is 3.19. The first kappa shape index (κ1) is 16.2. The second-order valence-electron chi connectivity index (χ2n) is 5.80. The average Bonchev–Trinajstić information content (AvgIpc) is 2.59. The molecule has 4 rings (SSSR count). The van der Waals surface area contributed by atoms with E-state index in [9.17, 15) is 9.50 Å². The van der Waals surface area contributed by atoms with Crippen molar-refractivity contribution in [1.82, 2.24) is 4.90 Å². The van der Waals surface area contributed by atoms with Crippen LogP contribution >= 0.6 is 15.9 Å². The number of hydrogen-bond acceptors (Lipinski definition) is 6. The van der Waals surface area contributed by atoms with Crippen molar-refractivity contribution in [2.45, 2.75) is 12.5 Å². The molecule has 8 heteroatoms. The molecular formula is C17H15BrFN3O3. The highest BCUT2D eigenvalue weighted by Gasteiger charge is 2.28. The third-order valence-electron chi connectivity index (χ3n) is 4.06. The van der Waals surface area contributed by atoms with Gasteiger partial charge in [0.05, 0.1) is 22.2 Å². The second-order valence-corrected chi connectivity index (χ2v) is 6.65. The molecule has 2 heterocycles. The zero-order valence-corrected chi connectivity index (χ0v) is 14.8. The number of aliphatic hydroxyl groups excluding tert-OH is 1. The third-order valence-corrected chi connectivity index (χ3v) is 4.67. The fourth-order valence-electron chi connectivity index (χ4n) is 2.82. The number of anilines is 1. The minimum atomic E-state index is -1.01. The molecule has 2 unspecified atom stereocenters. The number of ether oxygens (including phenoxy) is 2. The summed E-state index contributed by atoms with van der Waals surface area (Å²) in [6.07, 6.45) is 0.300. The van der Waals surface area contributed by atoms with Crippen molar-refractivity contribution >= 4 is 33.6 Å². The average molecular weight is 408 g/mol. The highest BCUT2D eigenvalue weighted by Crippen LogP contribution is 2.43. The standard InChI is InChI=1S/C17H15BrFN3O3/c1-22-8-20-12-6-13-14(25-15(23)7-24-13)5-9(12)17(22)21-11-4-2-3-10(18)16(11)19/h2-6,8,15,17,21,23H,7H2,1H3. The summed E-state index contributed by atoms with van der Waals surface area (Å²) in [7, 11) is 1.84. The van der Waals surface area contributed by atoms with Crippen LogP contribution in [-0.4, -0.2) is 36.3 Å². The van der Waals surface area contributed by atoms with Crippen molar-refractivity contribution in [2.75, 3.05) is 19.0 Å². The van der Waals surface area contributed by atoms with Crippen LogP contribution < -0.4 is 14.8 Å². The molecule has 2 aliphatic heterocycles. The predicted molar refractivity (Wildman–Crippen MR) is 95.0 cm³/mol. The first-order valence-electron chi connectivity index (χ1n) is 7.65. The normalized spacial score (nSPS) is 21.0. The van der Waals surface area contributed by atoms with Crippen LogP contribution in [0.4, 0.5) is 15.8 Å². The first-order chi connectivity index (χ1) is 12.0. The van der Waals surface area contributed by atoms with Gasteiger partial charge in [-0.3, -0.25) is 0 Å². The Kier molecular flexibility index (Phi) is 4.01. The quantitative estimate of drug-likeness (QED) is 0.798. The zero-order chi connectivity index (χ0) is 17.6. The van der Waals surface area contributed by atoms with Gasteiger partial charge in [0.25, 0.3) is 0 Å². The van der Waals surface area contributed by atoms with Gasteiger partial charge < -0.3 is 24.8 Å². The summed E-state index contributed by atoms with van der Waals surface area (Å²) < 4.78 is 25.6. The molecule has 2 aromatic rings. The van der Waals surface area contributed by atoms with Gasteiger partial charge in [0.2, 0.25) is 6.29 Å². The number of rotatable bonds is 2. The van der Waals surface area contributed by atoms with Gasteiger partial charge in [0, 0.05) is 18.7 Å². The lowest BCUT2D eigenvalue weighted by molar-refractivity contribution is -0.0670. The van der Waals surface area contributed by atoms with Crippen LogP contribution in [0.3, 0.4) is 0 Å². The molecule has 25 heavy (non-hydrogen) atoms. The Labute approximate surface area is 152 Å². The number of aliphatic hydroxyl groups is 1. The molecule has 130 valence electrons. The Balaban J connectivity index is 1.74. The van der Waals surface area contributed by atoms with Crippen molar-refractivity contribution in [3.8, 4) is 11.5 Å². The number of aliphatic imine (C=N–C) groups is 1. The fourth-order valence-corrected chi connectivity index (χ4v) is 3.19. The molecule has 0 aliphatic carbocycles. The van der Waals surface area contributed by atoms with Crippen LogP contribution in [-0.2, 0) is 0 Å². The third kappa shape index (κ3) is 2.91. The van der Waals surface area contributed by atoms with Crippen LogP contribution in [0.1, 0.15) is 11.7 Å². The molecule has 0 radical (unpaired) electrons. The molecule has 2 N–H and O–H groups in total. The van der Waals surface area contributed by atoms with E-state index in [0.717, 1.165) is 5.56 Å². The Morgan fingerprint density at radius 2 is 2.20 bits per heavy atom. The maximum atomic E-state index is 14.3. The second kappa shape index (κ2) is 6.20. The van der Waals surface area contributed by atoms with Crippen LogP contribution in [0.25, 0.3) is 0 Å². The van der Waals surface area contributed by atoms with Crippen molar-refractivity contribution < 1.29 is 19.0 Å². The summed E-state index contributed by atoms with van der Waals surface area (Å²) in [5.41, 5.74) is 1.85. The van der Waals surface area contributed by atoms with Crippen LogP contribution in [0.15, 0.2) is 39.8 Å². The highest BCUT2D eigenvalue weighted by atomic mass is 79.9. The van der Waals surface area contributed by atoms with Crippen LogP contribution in [0.5, 0.6) is 11.5 Å². The van der Waals surface area contributed by atoms with Gasteiger partial charge >= 0.3 is 0 Å². The molecule has 6 nitrogen and oxygen atoms in total. The molecule has 0 aromatic heterocycles. The van der Waals surface area contributed by atoms with Crippen molar-refractivity contribution in [2.24, 2.45) is 4.99 Å². The number of nitrogens with one attached hydrogen (secondary N) is 1. The number of benzene rings is 2. The van der Waals surface area contributed by atoms with Gasteiger partial charge in [0.1, 0.15) is 6.17 Å². The van der Waals surface area contributed by atoms with Gasteiger partial charge in [-0.15, -0.1) is 0 Å². The zero-order valence-electron chi connectivity index (χ0n) is 13.2. The lowest BCUT2D eigenvalue weighted by Crippen LogP contribution is -2.33. The van der Waals surface area contributed by atoms with Crippen molar-refractivity contribution in [3.63, 3.8) is 0 Å². The van der Waals surface area contributed by atoms with E-state index in [1.165, 1.54) is 0 Å². The lowest BCUT2D eigenvalue weighted by atomic mass is 10.1. The van der Waals surface area contributed by atoms with Gasteiger partial charge in [-0.25, -0.2) is 9.38 Å². The molecule has 2 atom stereocenters. The number of nitrogens with zero attached hydrogens (tertiary/aromatic N) is 2.